The standard InChI is InChI=1S/C14H11IN2O2S/c1-20(18,19)12-8-4-7-11-13(12)17-14(16-11)9-5-2-3-6-10(9)15/h2-8H,1H3,(H,16,17). The van der Waals surface area contributed by atoms with Gasteiger partial charge in [0.2, 0.25) is 0 Å². The Labute approximate surface area is 130 Å². The van der Waals surface area contributed by atoms with E-state index < -0.39 is 9.84 Å². The van der Waals surface area contributed by atoms with Gasteiger partial charge >= 0.3 is 0 Å². The van der Waals surface area contributed by atoms with E-state index in [1.165, 1.54) is 6.26 Å². The Balaban J connectivity index is 2.30. The van der Waals surface area contributed by atoms with Crippen molar-refractivity contribution in [3.63, 3.8) is 0 Å². The summed E-state index contributed by atoms with van der Waals surface area (Å²) in [7, 11) is -3.29. The van der Waals surface area contributed by atoms with Crippen LogP contribution >= 0.6 is 22.6 Å². The van der Waals surface area contributed by atoms with E-state index in [9.17, 15) is 8.42 Å². The first-order valence-electron chi connectivity index (χ1n) is 5.90. The van der Waals surface area contributed by atoms with Crippen LogP contribution in [0.3, 0.4) is 0 Å². The first-order chi connectivity index (χ1) is 9.47. The van der Waals surface area contributed by atoms with Crippen LogP contribution < -0.4 is 0 Å². The van der Waals surface area contributed by atoms with Crippen LogP contribution in [0.4, 0.5) is 0 Å². The van der Waals surface area contributed by atoms with Crippen molar-refractivity contribution in [2.24, 2.45) is 0 Å². The van der Waals surface area contributed by atoms with Gasteiger partial charge in [0.15, 0.2) is 9.84 Å². The van der Waals surface area contributed by atoms with Crippen molar-refractivity contribution >= 4 is 43.5 Å². The molecule has 1 heterocycles. The first kappa shape index (κ1) is 13.6. The smallest absolute Gasteiger partial charge is 0.177 e. The number of fused-ring (bicyclic) bond motifs is 1. The number of nitrogens with one attached hydrogen (secondary N) is 1. The zero-order chi connectivity index (χ0) is 14.3. The third-order valence-electron chi connectivity index (χ3n) is 3.00. The molecular weight excluding hydrogens is 387 g/mol. The van der Waals surface area contributed by atoms with Crippen LogP contribution in [-0.4, -0.2) is 24.6 Å². The van der Waals surface area contributed by atoms with Crippen LogP contribution in [0, 0.1) is 3.57 Å². The van der Waals surface area contributed by atoms with Gasteiger partial charge in [0.05, 0.1) is 10.4 Å². The van der Waals surface area contributed by atoms with E-state index in [1.807, 2.05) is 30.3 Å². The highest BCUT2D eigenvalue weighted by Gasteiger charge is 2.16. The Morgan fingerprint density at radius 1 is 1.10 bits per heavy atom. The molecule has 0 bridgehead atoms. The second kappa shape index (κ2) is 4.85. The monoisotopic (exact) mass is 398 g/mol. The van der Waals surface area contributed by atoms with Crippen molar-refractivity contribution in [3.8, 4) is 11.4 Å². The van der Waals surface area contributed by atoms with Crippen molar-refractivity contribution in [1.82, 2.24) is 9.97 Å². The molecule has 102 valence electrons. The Bertz CT molecular complexity index is 900. The molecule has 2 aromatic carbocycles. The second-order valence-electron chi connectivity index (χ2n) is 4.49. The predicted octanol–water partition coefficient (Wildman–Crippen LogP) is 3.24. The Morgan fingerprint density at radius 2 is 1.85 bits per heavy atom. The quantitative estimate of drug-likeness (QED) is 0.675. The molecule has 0 aliphatic rings. The normalized spacial score (nSPS) is 11.9. The lowest BCUT2D eigenvalue weighted by Crippen LogP contribution is -1.97. The van der Waals surface area contributed by atoms with Crippen molar-refractivity contribution < 1.29 is 8.42 Å². The number of sulfone groups is 1. The molecule has 3 aromatic rings. The number of para-hydroxylation sites is 1. The van der Waals surface area contributed by atoms with E-state index in [2.05, 4.69) is 32.6 Å². The van der Waals surface area contributed by atoms with Crippen LogP contribution in [0.25, 0.3) is 22.4 Å². The van der Waals surface area contributed by atoms with Crippen LogP contribution in [0.5, 0.6) is 0 Å². The van der Waals surface area contributed by atoms with E-state index in [4.69, 9.17) is 0 Å². The zero-order valence-electron chi connectivity index (χ0n) is 10.6. The fourth-order valence-corrected chi connectivity index (χ4v) is 3.56. The van der Waals surface area contributed by atoms with Crippen molar-refractivity contribution in [3.05, 3.63) is 46.0 Å². The maximum absolute atomic E-state index is 11.8. The van der Waals surface area contributed by atoms with E-state index in [-0.39, 0.29) is 4.90 Å². The van der Waals surface area contributed by atoms with Crippen molar-refractivity contribution in [1.29, 1.82) is 0 Å². The third kappa shape index (κ3) is 2.33. The van der Waals surface area contributed by atoms with Gasteiger partial charge in [0.1, 0.15) is 11.3 Å². The molecule has 0 aliphatic carbocycles. The molecule has 0 unspecified atom stereocenters. The lowest BCUT2D eigenvalue weighted by atomic mass is 10.2. The number of hydrogen-bond acceptors (Lipinski definition) is 3. The van der Waals surface area contributed by atoms with Gasteiger partial charge in [0, 0.05) is 15.4 Å². The number of hydrogen-bond donors (Lipinski definition) is 1. The average Bonchev–Trinajstić information content (AvgIpc) is 2.81. The number of nitrogens with zero attached hydrogens (tertiary/aromatic N) is 1. The van der Waals surface area contributed by atoms with Gasteiger partial charge < -0.3 is 4.98 Å². The summed E-state index contributed by atoms with van der Waals surface area (Å²) in [6, 6.07) is 13.0. The molecule has 1 aromatic heterocycles. The number of aromatic nitrogens is 2. The molecule has 0 radical (unpaired) electrons. The van der Waals surface area contributed by atoms with Crippen molar-refractivity contribution in [2.45, 2.75) is 4.90 Å². The minimum atomic E-state index is -3.29. The molecule has 20 heavy (non-hydrogen) atoms. The van der Waals surface area contributed by atoms with E-state index >= 15 is 0 Å². The summed E-state index contributed by atoms with van der Waals surface area (Å²) in [6.45, 7) is 0. The fraction of sp³-hybridized carbons (Fsp3) is 0.0714. The van der Waals surface area contributed by atoms with Gasteiger partial charge in [-0.25, -0.2) is 13.4 Å². The second-order valence-corrected chi connectivity index (χ2v) is 7.64. The van der Waals surface area contributed by atoms with Gasteiger partial charge in [-0.15, -0.1) is 0 Å². The summed E-state index contributed by atoms with van der Waals surface area (Å²) >= 11 is 2.24. The number of H-pyrrole nitrogens is 1. The molecule has 0 fully saturated rings. The van der Waals surface area contributed by atoms with E-state index in [1.54, 1.807) is 12.1 Å². The molecule has 4 nitrogen and oxygen atoms in total. The van der Waals surface area contributed by atoms with Gasteiger partial charge in [-0.2, -0.15) is 0 Å². The van der Waals surface area contributed by atoms with Gasteiger partial charge in [-0.1, -0.05) is 24.3 Å². The molecular formula is C14H11IN2O2S. The average molecular weight is 398 g/mol. The summed E-state index contributed by atoms with van der Waals surface area (Å²) in [5.74, 6) is 0.682. The summed E-state index contributed by atoms with van der Waals surface area (Å²) < 4.78 is 24.7. The first-order valence-corrected chi connectivity index (χ1v) is 8.87. The highest BCUT2D eigenvalue weighted by Crippen LogP contribution is 2.27. The molecule has 0 atom stereocenters. The van der Waals surface area contributed by atoms with E-state index in [0.717, 1.165) is 14.7 Å². The highest BCUT2D eigenvalue weighted by molar-refractivity contribution is 14.1. The number of imidazole rings is 1. The minimum Gasteiger partial charge on any atom is -0.338 e. The number of rotatable bonds is 2. The topological polar surface area (TPSA) is 62.8 Å². The largest absolute Gasteiger partial charge is 0.338 e. The summed E-state index contributed by atoms with van der Waals surface area (Å²) in [6.07, 6.45) is 1.20. The SMILES string of the molecule is CS(=O)(=O)c1cccc2[nH]c(-c3ccccc3I)nc12. The molecule has 6 heteroatoms. The highest BCUT2D eigenvalue weighted by atomic mass is 127. The Morgan fingerprint density at radius 3 is 2.55 bits per heavy atom. The lowest BCUT2D eigenvalue weighted by molar-refractivity contribution is 0.602. The molecule has 0 saturated heterocycles. The number of halogens is 1. The van der Waals surface area contributed by atoms with Gasteiger partial charge in [-0.05, 0) is 40.8 Å². The predicted molar refractivity (Wildman–Crippen MR) is 87.4 cm³/mol. The van der Waals surface area contributed by atoms with Crippen LogP contribution in [0.15, 0.2) is 47.4 Å². The molecule has 1 N–H and O–H groups in total. The molecule has 3 rings (SSSR count). The Hall–Kier alpha value is -1.41. The van der Waals surface area contributed by atoms with Gasteiger partial charge in [0.25, 0.3) is 0 Å². The summed E-state index contributed by atoms with van der Waals surface area (Å²) in [5, 5.41) is 0. The van der Waals surface area contributed by atoms with Crippen molar-refractivity contribution in [2.75, 3.05) is 6.26 Å². The molecule has 0 saturated carbocycles. The third-order valence-corrected chi connectivity index (χ3v) is 5.07. The van der Waals surface area contributed by atoms with E-state index in [0.29, 0.717) is 11.3 Å². The molecule has 0 aliphatic heterocycles. The maximum Gasteiger partial charge on any atom is 0.177 e. The molecule has 0 spiro atoms. The lowest BCUT2D eigenvalue weighted by Gasteiger charge is -1.99. The molecule has 0 amide bonds. The summed E-state index contributed by atoms with van der Waals surface area (Å²) in [5.41, 5.74) is 2.18. The zero-order valence-corrected chi connectivity index (χ0v) is 13.6. The van der Waals surface area contributed by atoms with Gasteiger partial charge in [-0.3, -0.25) is 0 Å². The van der Waals surface area contributed by atoms with Crippen LogP contribution in [0.2, 0.25) is 0 Å². The summed E-state index contributed by atoms with van der Waals surface area (Å²) in [4.78, 5) is 7.91. The fourth-order valence-electron chi connectivity index (χ4n) is 2.09. The van der Waals surface area contributed by atoms with Crippen LogP contribution in [-0.2, 0) is 9.84 Å². The maximum atomic E-state index is 11.8. The number of aromatic amines is 1. The minimum absolute atomic E-state index is 0.253. The Kier molecular flexibility index (Phi) is 3.29. The van der Waals surface area contributed by atoms with Crippen LogP contribution in [0.1, 0.15) is 0 Å². The number of benzene rings is 2.